The number of ether oxygens (including phenoxy) is 2. The molecule has 4 heterocycles. The van der Waals surface area contributed by atoms with Crippen molar-refractivity contribution in [2.45, 2.75) is 65.5 Å². The van der Waals surface area contributed by atoms with Crippen LogP contribution in [-0.4, -0.2) is 76.2 Å². The Balaban J connectivity index is 0.000000184. The van der Waals surface area contributed by atoms with Crippen molar-refractivity contribution < 1.29 is 32.2 Å². The molecule has 9 rings (SSSR count). The van der Waals surface area contributed by atoms with E-state index in [0.717, 1.165) is 72.9 Å². The van der Waals surface area contributed by atoms with E-state index in [1.165, 1.54) is 11.6 Å². The topological polar surface area (TPSA) is 78.5 Å². The van der Waals surface area contributed by atoms with Crippen molar-refractivity contribution in [1.29, 1.82) is 0 Å². The van der Waals surface area contributed by atoms with E-state index in [2.05, 4.69) is 33.8 Å². The largest absolute Gasteiger partial charge is 0.457 e. The van der Waals surface area contributed by atoms with E-state index in [-0.39, 0.29) is 29.3 Å². The molecule has 0 N–H and O–H groups in total. The molecule has 2 saturated heterocycles. The summed E-state index contributed by atoms with van der Waals surface area (Å²) in [5, 5.41) is 0. The Morgan fingerprint density at radius 3 is 1.76 bits per heavy atom. The maximum atomic E-state index is 13.6. The molecule has 348 valence electrons. The maximum absolute atomic E-state index is 13.6. The van der Waals surface area contributed by atoms with Crippen molar-refractivity contribution in [2.24, 2.45) is 10.8 Å². The van der Waals surface area contributed by atoms with Crippen LogP contribution in [0.4, 0.5) is 13.2 Å². The van der Waals surface area contributed by atoms with Gasteiger partial charge < -0.3 is 19.3 Å². The molecule has 2 atom stereocenters. The molecule has 3 aliphatic rings. The fraction of sp³-hybridized carbons (Fsp3) is 0.327. The molecule has 12 heteroatoms. The Morgan fingerprint density at radius 1 is 0.657 bits per heavy atom. The van der Waals surface area contributed by atoms with Gasteiger partial charge in [0, 0.05) is 52.5 Å². The van der Waals surface area contributed by atoms with E-state index < -0.39 is 17.2 Å². The van der Waals surface area contributed by atoms with E-state index >= 15 is 0 Å². The van der Waals surface area contributed by atoms with Crippen LogP contribution in [0.15, 0.2) is 152 Å². The number of carbonyl (C=O) groups excluding carboxylic acids is 2. The Morgan fingerprint density at radius 2 is 1.19 bits per heavy atom. The molecule has 0 bridgehead atoms. The second kappa shape index (κ2) is 20.6. The summed E-state index contributed by atoms with van der Waals surface area (Å²) in [6, 6.07) is 45.6. The van der Waals surface area contributed by atoms with E-state index in [0.29, 0.717) is 44.6 Å². The van der Waals surface area contributed by atoms with Crippen LogP contribution in [0.25, 0.3) is 0 Å². The van der Waals surface area contributed by atoms with Gasteiger partial charge in [0.25, 0.3) is 0 Å². The smallest absolute Gasteiger partial charge is 0.416 e. The summed E-state index contributed by atoms with van der Waals surface area (Å²) in [6.07, 6.45) is -0.680. The number of rotatable bonds is 12. The predicted octanol–water partition coefficient (Wildman–Crippen LogP) is 11.0. The highest BCUT2D eigenvalue weighted by atomic mass is 19.4. The summed E-state index contributed by atoms with van der Waals surface area (Å²) in [7, 11) is 1.87. The number of pyridine rings is 1. The molecular weight excluding hydrogens is 852 g/mol. The molecule has 1 aromatic heterocycles. The normalized spacial score (nSPS) is 19.5. The van der Waals surface area contributed by atoms with Crippen LogP contribution >= 0.6 is 0 Å². The number of hydrogen-bond acceptors (Lipinski definition) is 7. The second-order valence-corrected chi connectivity index (χ2v) is 18.6. The molecule has 0 radical (unpaired) electrons. The van der Waals surface area contributed by atoms with Gasteiger partial charge in [-0.05, 0) is 135 Å². The fourth-order valence-electron chi connectivity index (χ4n) is 9.58. The van der Waals surface area contributed by atoms with Crippen molar-refractivity contribution in [3.63, 3.8) is 0 Å². The lowest BCUT2D eigenvalue weighted by atomic mass is 9.86. The standard InChI is InChI=1S/C29H29F3N2O2.C26H29N3O2/c1-28(27(35)34-15-13-22-8-6-12-26(25(22)19-34)29(30,31)32)14-16-33(20-28)18-21-7-5-11-24(17-21)36-23-9-3-2-4-10-23;1-26(25(30)28(2)19-22-10-6-7-15-27-22)14-16-29(20-26)18-21-9-8-13-24(17-21)31-23-11-4-3-5-12-23/h2-12,17H,13-16,18-20H2,1H3;3-13,15,17H,14,16,18-20H2,1-2H3. The van der Waals surface area contributed by atoms with Crippen LogP contribution in [0.1, 0.15) is 60.2 Å². The molecule has 2 amide bonds. The molecule has 9 nitrogen and oxygen atoms in total. The molecule has 5 aromatic carbocycles. The number of hydrogen-bond donors (Lipinski definition) is 0. The number of halogens is 3. The molecule has 2 fully saturated rings. The van der Waals surface area contributed by atoms with Gasteiger partial charge in [0.1, 0.15) is 23.0 Å². The van der Waals surface area contributed by atoms with Gasteiger partial charge in [-0.25, -0.2) is 0 Å². The highest BCUT2D eigenvalue weighted by Crippen LogP contribution is 2.39. The summed E-state index contributed by atoms with van der Waals surface area (Å²) in [5.74, 6) is 3.30. The van der Waals surface area contributed by atoms with Gasteiger partial charge in [0.05, 0.1) is 28.6 Å². The van der Waals surface area contributed by atoms with E-state index in [1.54, 1.807) is 22.1 Å². The lowest BCUT2D eigenvalue weighted by molar-refractivity contribution is -0.144. The molecule has 0 spiro atoms. The van der Waals surface area contributed by atoms with Gasteiger partial charge in [-0.3, -0.25) is 24.4 Å². The highest BCUT2D eigenvalue weighted by molar-refractivity contribution is 5.83. The summed E-state index contributed by atoms with van der Waals surface area (Å²) in [6.45, 7) is 9.48. The summed E-state index contributed by atoms with van der Waals surface area (Å²) >= 11 is 0. The van der Waals surface area contributed by atoms with E-state index in [9.17, 15) is 22.8 Å². The lowest BCUT2D eigenvalue weighted by Gasteiger charge is -2.36. The third kappa shape index (κ3) is 11.9. The molecular formula is C55H58F3N5O4. The van der Waals surface area contributed by atoms with Gasteiger partial charge in [-0.1, -0.05) is 78.9 Å². The summed E-state index contributed by atoms with van der Waals surface area (Å²) in [4.78, 5) is 39.1. The predicted molar refractivity (Wildman–Crippen MR) is 253 cm³/mol. The first-order valence-corrected chi connectivity index (χ1v) is 22.9. The summed E-state index contributed by atoms with van der Waals surface area (Å²) < 4.78 is 52.6. The van der Waals surface area contributed by atoms with Crippen molar-refractivity contribution in [2.75, 3.05) is 39.8 Å². The number of para-hydroxylation sites is 2. The Kier molecular flexibility index (Phi) is 14.4. The molecule has 0 aliphatic carbocycles. The van der Waals surface area contributed by atoms with Crippen LogP contribution in [0.5, 0.6) is 23.0 Å². The van der Waals surface area contributed by atoms with E-state index in [1.807, 2.05) is 129 Å². The lowest BCUT2D eigenvalue weighted by Crippen LogP contribution is -2.46. The van der Waals surface area contributed by atoms with Gasteiger partial charge in [-0.15, -0.1) is 0 Å². The SMILES string of the molecule is CC1(C(=O)N2CCc3cccc(C(F)(F)F)c3C2)CCN(Cc2cccc(Oc3ccccc3)c2)C1.CN(Cc1ccccn1)C(=O)C1(C)CCN(Cc2cccc(Oc3ccccc3)c2)C1. The molecule has 3 aliphatic heterocycles. The maximum Gasteiger partial charge on any atom is 0.416 e. The Hall–Kier alpha value is -6.50. The van der Waals surface area contributed by atoms with Crippen LogP contribution in [0.2, 0.25) is 0 Å². The van der Waals surface area contributed by atoms with Crippen molar-refractivity contribution in [1.82, 2.24) is 24.6 Å². The third-order valence-corrected chi connectivity index (χ3v) is 13.0. The fourth-order valence-corrected chi connectivity index (χ4v) is 9.58. The first-order chi connectivity index (χ1) is 32.2. The number of likely N-dealkylation sites (tertiary alicyclic amines) is 2. The first-order valence-electron chi connectivity index (χ1n) is 22.9. The minimum absolute atomic E-state index is 0.0122. The average Bonchev–Trinajstić information content (AvgIpc) is 3.91. The van der Waals surface area contributed by atoms with Crippen LogP contribution < -0.4 is 9.47 Å². The minimum Gasteiger partial charge on any atom is -0.457 e. The number of fused-ring (bicyclic) bond motifs is 1. The number of benzene rings is 5. The van der Waals surface area contributed by atoms with Crippen molar-refractivity contribution >= 4 is 11.8 Å². The van der Waals surface area contributed by atoms with Gasteiger partial charge >= 0.3 is 6.18 Å². The Bertz CT molecular complexity index is 2620. The average molecular weight is 910 g/mol. The number of aromatic nitrogens is 1. The zero-order chi connectivity index (χ0) is 47.0. The van der Waals surface area contributed by atoms with Gasteiger partial charge in [0.2, 0.25) is 11.8 Å². The quantitative estimate of drug-likeness (QED) is 0.121. The van der Waals surface area contributed by atoms with Crippen molar-refractivity contribution in [3.05, 3.63) is 185 Å². The molecule has 0 saturated carbocycles. The number of carbonyl (C=O) groups is 2. The van der Waals surface area contributed by atoms with Crippen molar-refractivity contribution in [3.8, 4) is 23.0 Å². The molecule has 2 unspecified atom stereocenters. The van der Waals surface area contributed by atoms with Crippen LogP contribution in [-0.2, 0) is 48.4 Å². The summed E-state index contributed by atoms with van der Waals surface area (Å²) in [5.41, 5.74) is 2.47. The second-order valence-electron chi connectivity index (χ2n) is 18.6. The monoisotopic (exact) mass is 909 g/mol. The molecule has 67 heavy (non-hydrogen) atoms. The van der Waals surface area contributed by atoms with Crippen LogP contribution in [0, 0.1) is 10.8 Å². The zero-order valence-electron chi connectivity index (χ0n) is 38.4. The number of amides is 2. The number of nitrogens with zero attached hydrogens (tertiary/aromatic N) is 5. The zero-order valence-corrected chi connectivity index (χ0v) is 38.4. The highest BCUT2D eigenvalue weighted by Gasteiger charge is 2.45. The minimum atomic E-state index is -4.43. The van der Waals surface area contributed by atoms with E-state index in [4.69, 9.17) is 9.47 Å². The van der Waals surface area contributed by atoms with Crippen LogP contribution in [0.3, 0.4) is 0 Å². The molecule has 6 aromatic rings. The number of alkyl halides is 3. The Labute approximate surface area is 391 Å². The first kappa shape index (κ1) is 47.0. The third-order valence-electron chi connectivity index (χ3n) is 13.0. The van der Waals surface area contributed by atoms with Gasteiger partial charge in [-0.2, -0.15) is 13.2 Å². The van der Waals surface area contributed by atoms with Gasteiger partial charge in [0.15, 0.2) is 0 Å².